The van der Waals surface area contributed by atoms with E-state index in [4.69, 9.17) is 26.8 Å². The van der Waals surface area contributed by atoms with Crippen molar-refractivity contribution in [2.75, 3.05) is 14.2 Å². The van der Waals surface area contributed by atoms with Crippen LogP contribution >= 0.6 is 11.6 Å². The molecule has 4 heteroatoms. The summed E-state index contributed by atoms with van der Waals surface area (Å²) in [6.07, 6.45) is 0. The summed E-state index contributed by atoms with van der Waals surface area (Å²) in [5.41, 5.74) is 6.22. The lowest BCUT2D eigenvalue weighted by molar-refractivity contribution is 0.344. The normalized spacial score (nSPS) is 11.3. The number of halogens is 1. The molecule has 84 valence electrons. The molecule has 3 nitrogen and oxygen atoms in total. The van der Waals surface area contributed by atoms with Gasteiger partial charge in [0, 0.05) is 16.1 Å². The second kappa shape index (κ2) is 4.29. The Kier molecular flexibility index (Phi) is 3.47. The van der Waals surface area contributed by atoms with Gasteiger partial charge in [0.1, 0.15) is 0 Å². The number of benzene rings is 1. The summed E-state index contributed by atoms with van der Waals surface area (Å²) in [6, 6.07) is 3.52. The molecule has 0 unspecified atom stereocenters. The molecular weight excluding hydrogens is 214 g/mol. The van der Waals surface area contributed by atoms with Crippen molar-refractivity contribution >= 4 is 11.6 Å². The molecule has 1 rings (SSSR count). The van der Waals surface area contributed by atoms with Crippen LogP contribution in [0.25, 0.3) is 0 Å². The Labute approximate surface area is 95.1 Å². The second-order valence-electron chi connectivity index (χ2n) is 3.88. The molecule has 1 aromatic rings. The molecule has 15 heavy (non-hydrogen) atoms. The summed E-state index contributed by atoms with van der Waals surface area (Å²) < 4.78 is 10.5. The van der Waals surface area contributed by atoms with Crippen molar-refractivity contribution in [3.8, 4) is 11.5 Å². The smallest absolute Gasteiger partial charge is 0.167 e. The second-order valence-corrected chi connectivity index (χ2v) is 4.29. The first-order chi connectivity index (χ1) is 6.91. The average molecular weight is 230 g/mol. The Balaban J connectivity index is 3.46. The monoisotopic (exact) mass is 229 g/mol. The molecule has 0 saturated carbocycles. The van der Waals surface area contributed by atoms with Crippen LogP contribution in [0.5, 0.6) is 11.5 Å². The van der Waals surface area contributed by atoms with E-state index in [0.29, 0.717) is 16.5 Å². The minimum Gasteiger partial charge on any atom is -0.493 e. The Hall–Kier alpha value is -0.930. The summed E-state index contributed by atoms with van der Waals surface area (Å²) >= 11 is 6.11. The van der Waals surface area contributed by atoms with Crippen LogP contribution in [0.4, 0.5) is 0 Å². The maximum Gasteiger partial charge on any atom is 0.167 e. The number of rotatable bonds is 3. The first kappa shape index (κ1) is 12.1. The summed E-state index contributed by atoms with van der Waals surface area (Å²) in [5.74, 6) is 1.23. The molecule has 0 radical (unpaired) electrons. The van der Waals surface area contributed by atoms with Crippen LogP contribution in [0, 0.1) is 0 Å². The van der Waals surface area contributed by atoms with E-state index in [9.17, 15) is 0 Å². The van der Waals surface area contributed by atoms with E-state index >= 15 is 0 Å². The topological polar surface area (TPSA) is 44.5 Å². The number of nitrogens with two attached hydrogens (primary N) is 1. The van der Waals surface area contributed by atoms with Crippen LogP contribution in [0.3, 0.4) is 0 Å². The van der Waals surface area contributed by atoms with Crippen molar-refractivity contribution in [3.63, 3.8) is 0 Å². The van der Waals surface area contributed by atoms with Crippen LogP contribution in [-0.4, -0.2) is 14.2 Å². The highest BCUT2D eigenvalue weighted by molar-refractivity contribution is 6.31. The zero-order chi connectivity index (χ0) is 11.6. The fourth-order valence-electron chi connectivity index (χ4n) is 1.50. The lowest BCUT2D eigenvalue weighted by Gasteiger charge is -2.24. The first-order valence-corrected chi connectivity index (χ1v) is 4.99. The fourth-order valence-corrected chi connectivity index (χ4v) is 1.90. The molecule has 0 saturated heterocycles. The molecule has 0 heterocycles. The Morgan fingerprint density at radius 1 is 1.20 bits per heavy atom. The predicted octanol–water partition coefficient (Wildman–Crippen LogP) is 2.55. The largest absolute Gasteiger partial charge is 0.493 e. The van der Waals surface area contributed by atoms with Gasteiger partial charge in [0.25, 0.3) is 0 Å². The van der Waals surface area contributed by atoms with Crippen molar-refractivity contribution in [3.05, 3.63) is 22.7 Å². The van der Waals surface area contributed by atoms with Gasteiger partial charge in [-0.3, -0.25) is 0 Å². The molecule has 0 amide bonds. The van der Waals surface area contributed by atoms with E-state index in [2.05, 4.69) is 0 Å². The minimum absolute atomic E-state index is 0.572. The van der Waals surface area contributed by atoms with Gasteiger partial charge >= 0.3 is 0 Å². The predicted molar refractivity (Wildman–Crippen MR) is 61.8 cm³/mol. The summed E-state index contributed by atoms with van der Waals surface area (Å²) in [4.78, 5) is 0. The molecule has 2 N–H and O–H groups in total. The molecule has 1 aromatic carbocycles. The molecule has 0 aliphatic rings. The number of hydrogen-bond acceptors (Lipinski definition) is 3. The van der Waals surface area contributed by atoms with Gasteiger partial charge in [-0.05, 0) is 26.0 Å². The highest BCUT2D eigenvalue weighted by atomic mass is 35.5. The molecule has 0 spiro atoms. The van der Waals surface area contributed by atoms with Gasteiger partial charge in [0.05, 0.1) is 14.2 Å². The molecule has 0 aliphatic heterocycles. The van der Waals surface area contributed by atoms with Gasteiger partial charge < -0.3 is 15.2 Å². The van der Waals surface area contributed by atoms with E-state index in [1.54, 1.807) is 26.4 Å². The van der Waals surface area contributed by atoms with Crippen molar-refractivity contribution in [2.24, 2.45) is 5.73 Å². The standard InChI is InChI=1S/C11H16ClNO2/c1-11(2,13)9-7(12)5-6-8(14-3)10(9)15-4/h5-6H,13H2,1-4H3. The van der Waals surface area contributed by atoms with Gasteiger partial charge in [0.2, 0.25) is 0 Å². The SMILES string of the molecule is COc1ccc(Cl)c(C(C)(C)N)c1OC. The van der Waals surface area contributed by atoms with E-state index in [1.807, 2.05) is 13.8 Å². The van der Waals surface area contributed by atoms with Gasteiger partial charge in [0.15, 0.2) is 11.5 Å². The zero-order valence-electron chi connectivity index (χ0n) is 9.43. The highest BCUT2D eigenvalue weighted by Crippen LogP contribution is 2.40. The molecule has 0 atom stereocenters. The first-order valence-electron chi connectivity index (χ1n) is 4.61. The van der Waals surface area contributed by atoms with Crippen LogP contribution in [0.1, 0.15) is 19.4 Å². The fraction of sp³-hybridized carbons (Fsp3) is 0.455. The Morgan fingerprint density at radius 2 is 1.80 bits per heavy atom. The number of ether oxygens (including phenoxy) is 2. The van der Waals surface area contributed by atoms with Crippen molar-refractivity contribution in [1.29, 1.82) is 0 Å². The van der Waals surface area contributed by atoms with Crippen molar-refractivity contribution < 1.29 is 9.47 Å². The van der Waals surface area contributed by atoms with Gasteiger partial charge in [-0.2, -0.15) is 0 Å². The molecule has 0 bridgehead atoms. The Morgan fingerprint density at radius 3 is 2.20 bits per heavy atom. The minimum atomic E-state index is -0.572. The lowest BCUT2D eigenvalue weighted by atomic mass is 9.94. The maximum absolute atomic E-state index is 6.11. The van der Waals surface area contributed by atoms with E-state index in [-0.39, 0.29) is 0 Å². The van der Waals surface area contributed by atoms with Crippen molar-refractivity contribution in [2.45, 2.75) is 19.4 Å². The highest BCUT2D eigenvalue weighted by Gasteiger charge is 2.25. The molecule has 0 aliphatic carbocycles. The third kappa shape index (κ3) is 2.36. The van der Waals surface area contributed by atoms with Crippen LogP contribution in [0.2, 0.25) is 5.02 Å². The van der Waals surface area contributed by atoms with E-state index in [0.717, 1.165) is 5.56 Å². The third-order valence-corrected chi connectivity index (χ3v) is 2.45. The van der Waals surface area contributed by atoms with Gasteiger partial charge in [-0.25, -0.2) is 0 Å². The third-order valence-electron chi connectivity index (χ3n) is 2.14. The molecule has 0 aromatic heterocycles. The Bertz CT molecular complexity index is 358. The van der Waals surface area contributed by atoms with Crippen LogP contribution < -0.4 is 15.2 Å². The number of hydrogen-bond donors (Lipinski definition) is 1. The molecular formula is C11H16ClNO2. The average Bonchev–Trinajstić information content (AvgIpc) is 2.15. The summed E-state index contributed by atoms with van der Waals surface area (Å²) in [5, 5.41) is 0.583. The maximum atomic E-state index is 6.11. The lowest BCUT2D eigenvalue weighted by Crippen LogP contribution is -2.29. The summed E-state index contributed by atoms with van der Waals surface area (Å²) in [6.45, 7) is 3.74. The zero-order valence-corrected chi connectivity index (χ0v) is 10.2. The van der Waals surface area contributed by atoms with Gasteiger partial charge in [-0.15, -0.1) is 0 Å². The summed E-state index contributed by atoms with van der Waals surface area (Å²) in [7, 11) is 3.16. The number of methoxy groups -OCH3 is 2. The van der Waals surface area contributed by atoms with Crippen molar-refractivity contribution in [1.82, 2.24) is 0 Å². The van der Waals surface area contributed by atoms with E-state index < -0.39 is 5.54 Å². The molecule has 0 fully saturated rings. The van der Waals surface area contributed by atoms with Crippen LogP contribution in [0.15, 0.2) is 12.1 Å². The van der Waals surface area contributed by atoms with Crippen LogP contribution in [-0.2, 0) is 5.54 Å². The van der Waals surface area contributed by atoms with Gasteiger partial charge in [-0.1, -0.05) is 11.6 Å². The quantitative estimate of drug-likeness (QED) is 0.867. The van der Waals surface area contributed by atoms with E-state index in [1.165, 1.54) is 0 Å².